The van der Waals surface area contributed by atoms with Crippen LogP contribution in [0, 0.1) is 0 Å². The van der Waals surface area contributed by atoms with Gasteiger partial charge in [0.15, 0.2) is 0 Å². The summed E-state index contributed by atoms with van der Waals surface area (Å²) in [6, 6.07) is 9.15. The topological polar surface area (TPSA) is 84.5 Å². The maximum atomic E-state index is 11.4. The van der Waals surface area contributed by atoms with E-state index in [4.69, 9.17) is 0 Å². The van der Waals surface area contributed by atoms with Crippen LogP contribution in [0.4, 0.5) is 5.69 Å². The minimum Gasteiger partial charge on any atom is -0.463 e. The lowest BCUT2D eigenvalue weighted by Crippen LogP contribution is -2.29. The molecule has 0 radical (unpaired) electrons. The van der Waals surface area contributed by atoms with Crippen molar-refractivity contribution in [3.05, 3.63) is 30.3 Å². The van der Waals surface area contributed by atoms with Crippen LogP contribution in [0.3, 0.4) is 0 Å². The fourth-order valence-corrected chi connectivity index (χ4v) is 1.35. The highest BCUT2D eigenvalue weighted by Gasteiger charge is 2.13. The second-order valence-corrected chi connectivity index (χ2v) is 3.81. The van der Waals surface area contributed by atoms with E-state index < -0.39 is 11.8 Å². The van der Waals surface area contributed by atoms with Gasteiger partial charge in [-0.2, -0.15) is 0 Å². The van der Waals surface area contributed by atoms with E-state index in [1.165, 1.54) is 0 Å². The van der Waals surface area contributed by atoms with E-state index in [9.17, 15) is 14.4 Å². The molecule has 1 amide bonds. The van der Waals surface area contributed by atoms with Crippen LogP contribution in [-0.2, 0) is 19.1 Å². The number of carbonyl (C=O) groups excluding carboxylic acids is 3. The molecule has 0 aliphatic carbocycles. The SMILES string of the molecule is COC(=O)C(=O)CCCC(=O)NNc1ccccc1.[HH].[HH]. The summed E-state index contributed by atoms with van der Waals surface area (Å²) in [6.07, 6.45) is 0.463. The minimum absolute atomic E-state index is 0. The van der Waals surface area contributed by atoms with Crippen molar-refractivity contribution < 1.29 is 22.0 Å². The van der Waals surface area contributed by atoms with Gasteiger partial charge in [-0.1, -0.05) is 18.2 Å². The van der Waals surface area contributed by atoms with Crippen LogP contribution in [0.2, 0.25) is 0 Å². The molecule has 0 aromatic heterocycles. The molecule has 2 N–H and O–H groups in total. The zero-order valence-electron chi connectivity index (χ0n) is 10.6. The van der Waals surface area contributed by atoms with Gasteiger partial charge in [0.2, 0.25) is 11.7 Å². The van der Waals surface area contributed by atoms with E-state index in [0.717, 1.165) is 12.8 Å². The van der Waals surface area contributed by atoms with Crippen LogP contribution in [0.25, 0.3) is 0 Å². The number of nitrogens with one attached hydrogen (secondary N) is 2. The van der Waals surface area contributed by atoms with Crippen molar-refractivity contribution in [1.82, 2.24) is 5.43 Å². The number of ketones is 1. The van der Waals surface area contributed by atoms with E-state index in [2.05, 4.69) is 15.6 Å². The lowest BCUT2D eigenvalue weighted by Gasteiger charge is -2.07. The zero-order chi connectivity index (χ0) is 14.1. The first-order valence-electron chi connectivity index (χ1n) is 5.84. The number of anilines is 1. The number of amides is 1. The van der Waals surface area contributed by atoms with Gasteiger partial charge in [0.1, 0.15) is 0 Å². The number of hydrogen-bond acceptors (Lipinski definition) is 5. The molecule has 1 aromatic carbocycles. The molecule has 0 spiro atoms. The Morgan fingerprint density at radius 2 is 1.84 bits per heavy atom. The number of esters is 1. The van der Waals surface area contributed by atoms with Crippen LogP contribution < -0.4 is 10.9 Å². The smallest absolute Gasteiger partial charge is 0.374 e. The Morgan fingerprint density at radius 3 is 2.47 bits per heavy atom. The molecule has 0 bridgehead atoms. The largest absolute Gasteiger partial charge is 0.463 e. The molecule has 1 aromatic rings. The third-order valence-corrected chi connectivity index (χ3v) is 2.34. The number of hydrazine groups is 1. The predicted molar refractivity (Wildman–Crippen MR) is 73.3 cm³/mol. The normalized spacial score (nSPS) is 9.53. The standard InChI is InChI=1S/C13H16N2O4.2H2/c1-19-13(18)11(16)8-5-9-12(17)15-14-10-6-3-2-4-7-10;;/h2-4,6-7,14H,5,8-9H2,1H3,(H,15,17);2*1H. The Hall–Kier alpha value is -2.37. The summed E-state index contributed by atoms with van der Waals surface area (Å²) in [5.41, 5.74) is 6.01. The Bertz CT molecular complexity index is 455. The van der Waals surface area contributed by atoms with Gasteiger partial charge in [0, 0.05) is 15.7 Å². The quantitative estimate of drug-likeness (QED) is 0.445. The highest BCUT2D eigenvalue weighted by atomic mass is 16.5. The van der Waals surface area contributed by atoms with Crippen LogP contribution in [0.5, 0.6) is 0 Å². The van der Waals surface area contributed by atoms with Gasteiger partial charge in [0.05, 0.1) is 12.8 Å². The number of Topliss-reactive ketones (excluding diaryl/α,β-unsaturated/α-hetero) is 1. The predicted octanol–water partition coefficient (Wildman–Crippen LogP) is 1.53. The highest BCUT2D eigenvalue weighted by molar-refractivity contribution is 6.33. The second kappa shape index (κ2) is 7.86. The van der Waals surface area contributed by atoms with Gasteiger partial charge in [-0.25, -0.2) is 4.79 Å². The maximum absolute atomic E-state index is 11.4. The van der Waals surface area contributed by atoms with Crippen molar-refractivity contribution in [3.63, 3.8) is 0 Å². The summed E-state index contributed by atoms with van der Waals surface area (Å²) in [5, 5.41) is 0. The van der Waals surface area contributed by atoms with Gasteiger partial charge in [-0.05, 0) is 18.6 Å². The summed E-state index contributed by atoms with van der Waals surface area (Å²) in [6.45, 7) is 0. The lowest BCUT2D eigenvalue weighted by atomic mass is 10.2. The number of rotatable bonds is 7. The monoisotopic (exact) mass is 268 g/mol. The average molecular weight is 268 g/mol. The van der Waals surface area contributed by atoms with Gasteiger partial charge in [0.25, 0.3) is 0 Å². The summed E-state index contributed by atoms with van der Waals surface area (Å²) in [7, 11) is 1.15. The molecular weight excluding hydrogens is 248 g/mol. The maximum Gasteiger partial charge on any atom is 0.374 e. The van der Waals surface area contributed by atoms with Gasteiger partial charge < -0.3 is 4.74 Å². The number of benzene rings is 1. The summed E-state index contributed by atoms with van der Waals surface area (Å²) >= 11 is 0. The number of methoxy groups -OCH3 is 1. The highest BCUT2D eigenvalue weighted by Crippen LogP contribution is 2.03. The first-order chi connectivity index (χ1) is 9.13. The van der Waals surface area contributed by atoms with Crippen molar-refractivity contribution in [2.45, 2.75) is 19.3 Å². The van der Waals surface area contributed by atoms with E-state index in [-0.39, 0.29) is 21.6 Å². The van der Waals surface area contributed by atoms with Crippen LogP contribution in [-0.4, -0.2) is 24.8 Å². The Kier molecular flexibility index (Phi) is 6.08. The molecule has 0 heterocycles. The summed E-state index contributed by atoms with van der Waals surface area (Å²) in [5.74, 6) is -1.74. The molecule has 0 unspecified atom stereocenters. The van der Waals surface area contributed by atoms with E-state index in [1.807, 2.05) is 18.2 Å². The third kappa shape index (κ3) is 5.67. The molecular formula is C13H20N2O4. The summed E-state index contributed by atoms with van der Waals surface area (Å²) in [4.78, 5) is 33.4. The number of hydrogen-bond donors (Lipinski definition) is 2. The Morgan fingerprint density at radius 1 is 1.16 bits per heavy atom. The number of carbonyl (C=O) groups is 3. The van der Waals surface area contributed by atoms with Gasteiger partial charge in [-0.3, -0.25) is 20.4 Å². The fourth-order valence-electron chi connectivity index (χ4n) is 1.35. The Balaban J connectivity index is 0. The molecule has 0 saturated heterocycles. The van der Waals surface area contributed by atoms with Gasteiger partial charge >= 0.3 is 5.97 Å². The molecule has 6 heteroatoms. The Labute approximate surface area is 114 Å². The van der Waals surface area contributed by atoms with Crippen molar-refractivity contribution in [3.8, 4) is 0 Å². The van der Waals surface area contributed by atoms with Crippen molar-refractivity contribution >= 4 is 23.3 Å². The molecule has 1 rings (SSSR count). The van der Waals surface area contributed by atoms with E-state index in [1.54, 1.807) is 12.1 Å². The van der Waals surface area contributed by atoms with Crippen molar-refractivity contribution in [1.29, 1.82) is 0 Å². The number of ether oxygens (including phenoxy) is 1. The second-order valence-electron chi connectivity index (χ2n) is 3.81. The van der Waals surface area contributed by atoms with Crippen molar-refractivity contribution in [2.24, 2.45) is 0 Å². The van der Waals surface area contributed by atoms with Gasteiger partial charge in [-0.15, -0.1) is 0 Å². The molecule has 0 aliphatic rings. The lowest BCUT2D eigenvalue weighted by molar-refractivity contribution is -0.151. The molecule has 19 heavy (non-hydrogen) atoms. The molecule has 0 atom stereocenters. The van der Waals surface area contributed by atoms with Crippen LogP contribution in [0.1, 0.15) is 22.1 Å². The molecule has 0 fully saturated rings. The molecule has 106 valence electrons. The molecule has 6 nitrogen and oxygen atoms in total. The first kappa shape index (κ1) is 14.7. The summed E-state index contributed by atoms with van der Waals surface area (Å²) < 4.78 is 4.27. The molecule has 0 saturated carbocycles. The molecule has 0 aliphatic heterocycles. The van der Waals surface area contributed by atoms with E-state index >= 15 is 0 Å². The third-order valence-electron chi connectivity index (χ3n) is 2.34. The van der Waals surface area contributed by atoms with Crippen LogP contribution >= 0.6 is 0 Å². The first-order valence-corrected chi connectivity index (χ1v) is 5.84. The van der Waals surface area contributed by atoms with E-state index in [0.29, 0.717) is 6.42 Å². The zero-order valence-corrected chi connectivity index (χ0v) is 10.6. The minimum atomic E-state index is -0.872. The van der Waals surface area contributed by atoms with Crippen LogP contribution in [0.15, 0.2) is 30.3 Å². The van der Waals surface area contributed by atoms with Crippen molar-refractivity contribution in [2.75, 3.05) is 12.5 Å². The number of para-hydroxylation sites is 1. The fraction of sp³-hybridized carbons (Fsp3) is 0.308. The average Bonchev–Trinajstić information content (AvgIpc) is 2.45.